The lowest BCUT2D eigenvalue weighted by atomic mass is 10.2. The van der Waals surface area contributed by atoms with Crippen molar-refractivity contribution < 1.29 is 4.42 Å². The number of nitrogens with one attached hydrogen (secondary N) is 1. The van der Waals surface area contributed by atoms with E-state index in [9.17, 15) is 0 Å². The fraction of sp³-hybridized carbons (Fsp3) is 0.375. The molecule has 1 aromatic heterocycles. The predicted molar refractivity (Wildman–Crippen MR) is 81.8 cm³/mol. The van der Waals surface area contributed by atoms with Crippen LogP contribution in [0.3, 0.4) is 0 Å². The Labute approximate surface area is 119 Å². The summed E-state index contributed by atoms with van der Waals surface area (Å²) in [6.07, 6.45) is 1.72. The SMILES string of the molecule is Cc1ccc(C)c(SCCNC(C)c2ccco2)c1. The third kappa shape index (κ3) is 4.15. The Bertz CT molecular complexity index is 507. The van der Waals surface area contributed by atoms with Crippen molar-refractivity contribution in [2.45, 2.75) is 31.7 Å². The quantitative estimate of drug-likeness (QED) is 0.627. The molecule has 1 atom stereocenters. The molecule has 2 rings (SSSR count). The number of rotatable bonds is 6. The summed E-state index contributed by atoms with van der Waals surface area (Å²) in [5, 5.41) is 3.47. The second-order valence-corrected chi connectivity index (χ2v) is 5.95. The van der Waals surface area contributed by atoms with E-state index in [2.05, 4.69) is 44.3 Å². The molecule has 0 saturated carbocycles. The predicted octanol–water partition coefficient (Wildman–Crippen LogP) is 4.34. The fourth-order valence-corrected chi connectivity index (χ4v) is 2.94. The number of benzene rings is 1. The van der Waals surface area contributed by atoms with Crippen molar-refractivity contribution in [3.63, 3.8) is 0 Å². The lowest BCUT2D eigenvalue weighted by Crippen LogP contribution is -2.20. The molecule has 0 aliphatic rings. The van der Waals surface area contributed by atoms with Gasteiger partial charge in [-0.3, -0.25) is 0 Å². The van der Waals surface area contributed by atoms with Crippen molar-refractivity contribution in [1.82, 2.24) is 5.32 Å². The summed E-state index contributed by atoms with van der Waals surface area (Å²) in [5.41, 5.74) is 2.68. The van der Waals surface area contributed by atoms with Crippen LogP contribution in [0, 0.1) is 13.8 Å². The van der Waals surface area contributed by atoms with Gasteiger partial charge in [-0.15, -0.1) is 11.8 Å². The lowest BCUT2D eigenvalue weighted by molar-refractivity contribution is 0.438. The van der Waals surface area contributed by atoms with Crippen molar-refractivity contribution >= 4 is 11.8 Å². The molecule has 1 aromatic carbocycles. The minimum atomic E-state index is 0.272. The fourth-order valence-electron chi connectivity index (χ4n) is 1.94. The molecule has 2 aromatic rings. The van der Waals surface area contributed by atoms with Gasteiger partial charge in [-0.2, -0.15) is 0 Å². The Morgan fingerprint density at radius 3 is 2.84 bits per heavy atom. The first-order valence-corrected chi connectivity index (χ1v) is 7.62. The first-order valence-electron chi connectivity index (χ1n) is 6.63. The maximum absolute atomic E-state index is 5.38. The van der Waals surface area contributed by atoms with Gasteiger partial charge in [0, 0.05) is 17.2 Å². The van der Waals surface area contributed by atoms with E-state index >= 15 is 0 Å². The average molecular weight is 275 g/mol. The third-order valence-electron chi connectivity index (χ3n) is 3.12. The van der Waals surface area contributed by atoms with E-state index in [4.69, 9.17) is 4.42 Å². The number of aryl methyl sites for hydroxylation is 2. The molecule has 0 amide bonds. The Kier molecular flexibility index (Phi) is 5.11. The van der Waals surface area contributed by atoms with E-state index in [-0.39, 0.29) is 6.04 Å². The highest BCUT2D eigenvalue weighted by molar-refractivity contribution is 7.99. The Balaban J connectivity index is 1.76. The van der Waals surface area contributed by atoms with Crippen LogP contribution in [0.4, 0.5) is 0 Å². The van der Waals surface area contributed by atoms with E-state index < -0.39 is 0 Å². The summed E-state index contributed by atoms with van der Waals surface area (Å²) in [6.45, 7) is 7.41. The molecule has 0 aliphatic carbocycles. The van der Waals surface area contributed by atoms with Crippen molar-refractivity contribution in [3.8, 4) is 0 Å². The zero-order valence-electron chi connectivity index (χ0n) is 11.8. The van der Waals surface area contributed by atoms with Gasteiger partial charge >= 0.3 is 0 Å². The van der Waals surface area contributed by atoms with E-state index in [1.807, 2.05) is 23.9 Å². The largest absolute Gasteiger partial charge is 0.468 e. The molecule has 3 heteroatoms. The van der Waals surface area contributed by atoms with Gasteiger partial charge in [0.1, 0.15) is 5.76 Å². The summed E-state index contributed by atoms with van der Waals surface area (Å²) in [7, 11) is 0. The minimum absolute atomic E-state index is 0.272. The van der Waals surface area contributed by atoms with Crippen LogP contribution in [-0.4, -0.2) is 12.3 Å². The highest BCUT2D eigenvalue weighted by Gasteiger charge is 2.06. The number of thioether (sulfide) groups is 1. The molecule has 0 spiro atoms. The molecule has 2 nitrogen and oxygen atoms in total. The first kappa shape index (κ1) is 14.2. The van der Waals surface area contributed by atoms with Crippen LogP contribution in [0.1, 0.15) is 29.9 Å². The highest BCUT2D eigenvalue weighted by atomic mass is 32.2. The second kappa shape index (κ2) is 6.83. The van der Waals surface area contributed by atoms with Gasteiger partial charge in [0.05, 0.1) is 12.3 Å². The van der Waals surface area contributed by atoms with Gasteiger partial charge in [-0.1, -0.05) is 17.7 Å². The maximum atomic E-state index is 5.38. The molecular formula is C16H21NOS. The monoisotopic (exact) mass is 275 g/mol. The highest BCUT2D eigenvalue weighted by Crippen LogP contribution is 2.23. The van der Waals surface area contributed by atoms with Crippen LogP contribution in [0.5, 0.6) is 0 Å². The molecule has 0 saturated heterocycles. The van der Waals surface area contributed by atoms with Gasteiger partial charge < -0.3 is 9.73 Å². The van der Waals surface area contributed by atoms with Crippen molar-refractivity contribution in [2.24, 2.45) is 0 Å². The molecule has 0 fully saturated rings. The molecule has 0 bridgehead atoms. The first-order chi connectivity index (χ1) is 9.16. The van der Waals surface area contributed by atoms with Crippen molar-refractivity contribution in [3.05, 3.63) is 53.5 Å². The minimum Gasteiger partial charge on any atom is -0.468 e. The normalized spacial score (nSPS) is 12.6. The third-order valence-corrected chi connectivity index (χ3v) is 4.28. The second-order valence-electron chi connectivity index (χ2n) is 4.81. The lowest BCUT2D eigenvalue weighted by Gasteiger charge is -2.11. The Hall–Kier alpha value is -1.19. The zero-order valence-corrected chi connectivity index (χ0v) is 12.6. The molecule has 0 aliphatic heterocycles. The summed E-state index contributed by atoms with van der Waals surface area (Å²) < 4.78 is 5.38. The Morgan fingerprint density at radius 2 is 2.11 bits per heavy atom. The summed E-state index contributed by atoms with van der Waals surface area (Å²) in [4.78, 5) is 1.38. The van der Waals surface area contributed by atoms with Crippen molar-refractivity contribution in [1.29, 1.82) is 0 Å². The Morgan fingerprint density at radius 1 is 1.26 bits per heavy atom. The molecular weight excluding hydrogens is 254 g/mol. The number of hydrogen-bond acceptors (Lipinski definition) is 3. The zero-order chi connectivity index (χ0) is 13.7. The van der Waals surface area contributed by atoms with Gasteiger partial charge in [-0.25, -0.2) is 0 Å². The molecule has 1 heterocycles. The molecule has 19 heavy (non-hydrogen) atoms. The van der Waals surface area contributed by atoms with E-state index in [0.29, 0.717) is 0 Å². The van der Waals surface area contributed by atoms with E-state index in [1.165, 1.54) is 16.0 Å². The standard InChI is InChI=1S/C16H21NOS/c1-12-6-7-13(2)16(11-12)19-10-8-17-14(3)15-5-4-9-18-15/h4-7,9,11,14,17H,8,10H2,1-3H3. The number of furan rings is 1. The molecule has 1 unspecified atom stereocenters. The van der Waals surface area contributed by atoms with Crippen LogP contribution >= 0.6 is 11.8 Å². The van der Waals surface area contributed by atoms with Gasteiger partial charge in [0.15, 0.2) is 0 Å². The molecule has 1 N–H and O–H groups in total. The maximum Gasteiger partial charge on any atom is 0.120 e. The van der Waals surface area contributed by atoms with E-state index in [0.717, 1.165) is 18.1 Å². The van der Waals surface area contributed by atoms with Crippen LogP contribution in [0.2, 0.25) is 0 Å². The van der Waals surface area contributed by atoms with Crippen LogP contribution in [-0.2, 0) is 0 Å². The smallest absolute Gasteiger partial charge is 0.120 e. The van der Waals surface area contributed by atoms with Gasteiger partial charge in [-0.05, 0) is 44.5 Å². The van der Waals surface area contributed by atoms with Gasteiger partial charge in [0.2, 0.25) is 0 Å². The molecule has 102 valence electrons. The topological polar surface area (TPSA) is 25.2 Å². The van der Waals surface area contributed by atoms with Crippen LogP contribution < -0.4 is 5.32 Å². The van der Waals surface area contributed by atoms with Crippen LogP contribution in [0.15, 0.2) is 45.9 Å². The summed E-state index contributed by atoms with van der Waals surface area (Å²) in [6, 6.07) is 10.8. The molecule has 0 radical (unpaired) electrons. The van der Waals surface area contributed by atoms with Gasteiger partial charge in [0.25, 0.3) is 0 Å². The van der Waals surface area contributed by atoms with E-state index in [1.54, 1.807) is 6.26 Å². The summed E-state index contributed by atoms with van der Waals surface area (Å²) in [5.74, 6) is 2.06. The average Bonchev–Trinajstić information content (AvgIpc) is 2.92. The van der Waals surface area contributed by atoms with Crippen molar-refractivity contribution in [2.75, 3.05) is 12.3 Å². The number of hydrogen-bond donors (Lipinski definition) is 1. The van der Waals surface area contributed by atoms with Crippen LogP contribution in [0.25, 0.3) is 0 Å². The summed E-state index contributed by atoms with van der Waals surface area (Å²) >= 11 is 1.91.